The van der Waals surface area contributed by atoms with Gasteiger partial charge in [-0.15, -0.1) is 0 Å². The van der Waals surface area contributed by atoms with Gasteiger partial charge in [-0.1, -0.05) is 15.9 Å². The fourth-order valence-electron chi connectivity index (χ4n) is 3.17. The number of aromatic amines is 1. The Morgan fingerprint density at radius 3 is 3.17 bits per heavy atom. The zero-order valence-corrected chi connectivity index (χ0v) is 14.3. The molecule has 0 saturated carbocycles. The molecule has 1 fully saturated rings. The first-order chi connectivity index (χ1) is 11.1. The van der Waals surface area contributed by atoms with Gasteiger partial charge in [0.05, 0.1) is 6.54 Å². The first-order valence-electron chi connectivity index (χ1n) is 7.64. The van der Waals surface area contributed by atoms with Crippen LogP contribution in [0.5, 0.6) is 0 Å². The van der Waals surface area contributed by atoms with Crippen LogP contribution in [0.15, 0.2) is 31.9 Å². The number of halogens is 1. The van der Waals surface area contributed by atoms with Gasteiger partial charge in [0, 0.05) is 29.0 Å². The topological polar surface area (TPSA) is 74.2 Å². The van der Waals surface area contributed by atoms with Crippen molar-refractivity contribution >= 4 is 38.0 Å². The van der Waals surface area contributed by atoms with E-state index in [9.17, 15) is 4.79 Å². The lowest BCUT2D eigenvalue weighted by Gasteiger charge is -2.14. The quantitative estimate of drug-likeness (QED) is 0.732. The van der Waals surface area contributed by atoms with E-state index in [4.69, 9.17) is 4.42 Å². The van der Waals surface area contributed by atoms with Gasteiger partial charge in [0.25, 0.3) is 5.56 Å². The summed E-state index contributed by atoms with van der Waals surface area (Å²) in [4.78, 5) is 22.1. The van der Waals surface area contributed by atoms with Gasteiger partial charge in [0.1, 0.15) is 16.9 Å². The minimum Gasteiger partial charge on any atom is -0.449 e. The molecular formula is C16H17BrN4O2. The summed E-state index contributed by atoms with van der Waals surface area (Å²) >= 11 is 3.45. The molecule has 23 heavy (non-hydrogen) atoms. The van der Waals surface area contributed by atoms with Gasteiger partial charge >= 0.3 is 0 Å². The number of fused-ring (bicyclic) bond motifs is 3. The van der Waals surface area contributed by atoms with Gasteiger partial charge in [-0.2, -0.15) is 0 Å². The predicted octanol–water partition coefficient (Wildman–Crippen LogP) is 2.23. The monoisotopic (exact) mass is 376 g/mol. The summed E-state index contributed by atoms with van der Waals surface area (Å²) in [6.07, 6.45) is 1.12. The van der Waals surface area contributed by atoms with Crippen LogP contribution in [0.1, 0.15) is 12.2 Å². The summed E-state index contributed by atoms with van der Waals surface area (Å²) in [6.45, 7) is 2.62. The van der Waals surface area contributed by atoms with E-state index in [0.717, 1.165) is 29.4 Å². The second-order valence-electron chi connectivity index (χ2n) is 5.94. The number of aromatic nitrogens is 2. The van der Waals surface area contributed by atoms with E-state index in [1.54, 1.807) is 0 Å². The van der Waals surface area contributed by atoms with Crippen LogP contribution in [0.3, 0.4) is 0 Å². The van der Waals surface area contributed by atoms with E-state index in [1.165, 1.54) is 0 Å². The van der Waals surface area contributed by atoms with Crippen LogP contribution in [-0.4, -0.2) is 41.0 Å². The molecular weight excluding hydrogens is 360 g/mol. The summed E-state index contributed by atoms with van der Waals surface area (Å²) in [7, 11) is 1.98. The van der Waals surface area contributed by atoms with E-state index >= 15 is 0 Å². The minimum atomic E-state index is -0.221. The number of H-pyrrole nitrogens is 1. The molecule has 1 aliphatic heterocycles. The first kappa shape index (κ1) is 14.9. The molecule has 0 bridgehead atoms. The number of likely N-dealkylation sites (N-methyl/N-ethyl adjacent to an activating group) is 1. The van der Waals surface area contributed by atoms with E-state index in [0.29, 0.717) is 29.5 Å². The lowest BCUT2D eigenvalue weighted by molar-refractivity contribution is 0.314. The van der Waals surface area contributed by atoms with E-state index in [-0.39, 0.29) is 11.1 Å². The van der Waals surface area contributed by atoms with Crippen LogP contribution in [0.2, 0.25) is 0 Å². The van der Waals surface area contributed by atoms with Crippen LogP contribution in [0, 0.1) is 0 Å². The van der Waals surface area contributed by atoms with Crippen molar-refractivity contribution in [2.24, 2.45) is 0 Å². The number of hydrogen-bond acceptors (Lipinski definition) is 5. The van der Waals surface area contributed by atoms with E-state index in [2.05, 4.69) is 36.1 Å². The Morgan fingerprint density at radius 2 is 2.39 bits per heavy atom. The van der Waals surface area contributed by atoms with Crippen molar-refractivity contribution in [1.29, 1.82) is 0 Å². The molecule has 3 aromatic rings. The van der Waals surface area contributed by atoms with Crippen LogP contribution in [0.4, 0.5) is 0 Å². The second kappa shape index (κ2) is 5.74. The van der Waals surface area contributed by atoms with Crippen molar-refractivity contribution in [1.82, 2.24) is 20.2 Å². The average molecular weight is 377 g/mol. The highest BCUT2D eigenvalue weighted by molar-refractivity contribution is 9.10. The smallest absolute Gasteiger partial charge is 0.294 e. The maximum Gasteiger partial charge on any atom is 0.294 e. The minimum absolute atomic E-state index is 0.221. The molecule has 1 aliphatic rings. The lowest BCUT2D eigenvalue weighted by atomic mass is 10.2. The summed E-state index contributed by atoms with van der Waals surface area (Å²) < 4.78 is 6.58. The first-order valence-corrected chi connectivity index (χ1v) is 8.44. The van der Waals surface area contributed by atoms with Crippen LogP contribution >= 0.6 is 15.9 Å². The Bertz CT molecular complexity index is 933. The van der Waals surface area contributed by atoms with Gasteiger partial charge in [-0.3, -0.25) is 9.69 Å². The molecule has 4 rings (SSSR count). The SMILES string of the molecule is CNC1CCN(Cc2nc3c(oc4ccc(Br)cc43)c(=O)[nH]2)C1. The summed E-state index contributed by atoms with van der Waals surface area (Å²) in [5, 5.41) is 4.15. The van der Waals surface area contributed by atoms with Crippen molar-refractivity contribution in [2.45, 2.75) is 19.0 Å². The molecule has 1 unspecified atom stereocenters. The third-order valence-electron chi connectivity index (χ3n) is 4.39. The highest BCUT2D eigenvalue weighted by Gasteiger charge is 2.22. The Balaban J connectivity index is 1.75. The van der Waals surface area contributed by atoms with Gasteiger partial charge in [-0.25, -0.2) is 4.98 Å². The van der Waals surface area contributed by atoms with Crippen LogP contribution < -0.4 is 10.9 Å². The summed E-state index contributed by atoms with van der Waals surface area (Å²) in [5.41, 5.74) is 1.37. The van der Waals surface area contributed by atoms with Crippen molar-refractivity contribution < 1.29 is 4.42 Å². The van der Waals surface area contributed by atoms with Gasteiger partial charge in [0.15, 0.2) is 0 Å². The van der Waals surface area contributed by atoms with Gasteiger partial charge in [-0.05, 0) is 31.7 Å². The standard InChI is InChI=1S/C16H17BrN4O2/c1-18-10-4-5-21(7-10)8-13-19-14-11-6-9(17)2-3-12(11)23-15(14)16(22)20-13/h2-3,6,10,18H,4-5,7-8H2,1H3,(H,19,20,22). The summed E-state index contributed by atoms with van der Waals surface area (Å²) in [6, 6.07) is 6.18. The fraction of sp³-hybridized carbons (Fsp3) is 0.375. The maximum atomic E-state index is 12.3. The van der Waals surface area contributed by atoms with Crippen molar-refractivity contribution in [3.8, 4) is 0 Å². The maximum absolute atomic E-state index is 12.3. The Morgan fingerprint density at radius 1 is 1.52 bits per heavy atom. The second-order valence-corrected chi connectivity index (χ2v) is 6.86. The highest BCUT2D eigenvalue weighted by Crippen LogP contribution is 2.28. The average Bonchev–Trinajstić information content (AvgIpc) is 3.12. The molecule has 0 radical (unpaired) electrons. The third-order valence-corrected chi connectivity index (χ3v) is 4.88. The Labute approximate surface area is 141 Å². The normalized spacial score (nSPS) is 19.1. The molecule has 120 valence electrons. The molecule has 2 aromatic heterocycles. The number of nitrogens with one attached hydrogen (secondary N) is 2. The predicted molar refractivity (Wildman–Crippen MR) is 92.6 cm³/mol. The van der Waals surface area contributed by atoms with E-state index in [1.807, 2.05) is 25.2 Å². The number of benzene rings is 1. The van der Waals surface area contributed by atoms with Crippen molar-refractivity contribution in [3.63, 3.8) is 0 Å². The molecule has 2 N–H and O–H groups in total. The Kier molecular flexibility index (Phi) is 3.71. The number of hydrogen-bond donors (Lipinski definition) is 2. The number of nitrogens with zero attached hydrogens (tertiary/aromatic N) is 2. The van der Waals surface area contributed by atoms with Crippen molar-refractivity contribution in [2.75, 3.05) is 20.1 Å². The van der Waals surface area contributed by atoms with Gasteiger partial charge < -0.3 is 14.7 Å². The molecule has 6 nitrogen and oxygen atoms in total. The molecule has 3 heterocycles. The third kappa shape index (κ3) is 2.69. The number of furan rings is 1. The number of likely N-dealkylation sites (tertiary alicyclic amines) is 1. The molecule has 7 heteroatoms. The zero-order valence-electron chi connectivity index (χ0n) is 12.7. The summed E-state index contributed by atoms with van der Waals surface area (Å²) in [5.74, 6) is 0.682. The lowest BCUT2D eigenvalue weighted by Crippen LogP contribution is -2.30. The fourth-order valence-corrected chi connectivity index (χ4v) is 3.53. The molecule has 0 aliphatic carbocycles. The highest BCUT2D eigenvalue weighted by atomic mass is 79.9. The van der Waals surface area contributed by atoms with Crippen LogP contribution in [-0.2, 0) is 6.54 Å². The Hall–Kier alpha value is -1.70. The largest absolute Gasteiger partial charge is 0.449 e. The molecule has 1 saturated heterocycles. The zero-order chi connectivity index (χ0) is 16.0. The molecule has 1 aromatic carbocycles. The van der Waals surface area contributed by atoms with Crippen molar-refractivity contribution in [3.05, 3.63) is 38.9 Å². The molecule has 1 atom stereocenters. The number of rotatable bonds is 3. The van der Waals surface area contributed by atoms with Gasteiger partial charge in [0.2, 0.25) is 5.58 Å². The van der Waals surface area contributed by atoms with E-state index < -0.39 is 0 Å². The molecule has 0 amide bonds. The van der Waals surface area contributed by atoms with Crippen LogP contribution in [0.25, 0.3) is 22.1 Å². The molecule has 0 spiro atoms.